The number of hydrogen-bond acceptors (Lipinski definition) is 3. The minimum Gasteiger partial charge on any atom is -0.381 e. The van der Waals surface area contributed by atoms with Crippen LogP contribution in [0.5, 0.6) is 0 Å². The Morgan fingerprint density at radius 1 is 0.949 bits per heavy atom. The van der Waals surface area contributed by atoms with Gasteiger partial charge in [0, 0.05) is 47.7 Å². The van der Waals surface area contributed by atoms with Crippen molar-refractivity contribution in [1.82, 2.24) is 4.98 Å². The molecule has 1 saturated carbocycles. The van der Waals surface area contributed by atoms with Crippen LogP contribution in [0.25, 0.3) is 22.2 Å². The molecule has 1 aliphatic carbocycles. The summed E-state index contributed by atoms with van der Waals surface area (Å²) in [6.45, 7) is 7.12. The lowest BCUT2D eigenvalue weighted by molar-refractivity contribution is -0.440. The van der Waals surface area contributed by atoms with Crippen molar-refractivity contribution in [2.75, 3.05) is 13.7 Å². The number of aromatic amines is 1. The Morgan fingerprint density at radius 2 is 1.62 bits per heavy atom. The van der Waals surface area contributed by atoms with E-state index < -0.39 is 5.92 Å². The molecule has 1 unspecified atom stereocenters. The molecule has 3 aromatic carbocycles. The Balaban J connectivity index is 1.43. The third-order valence-electron chi connectivity index (χ3n) is 8.39. The van der Waals surface area contributed by atoms with Gasteiger partial charge in [0.25, 0.3) is 0 Å². The highest BCUT2D eigenvalue weighted by molar-refractivity contribution is 6.44. The number of nitrogens with zero attached hydrogens (tertiary/aromatic N) is 1. The van der Waals surface area contributed by atoms with E-state index in [1.165, 1.54) is 5.56 Å². The molecule has 1 aliphatic heterocycles. The highest BCUT2D eigenvalue weighted by Gasteiger charge is 2.51. The van der Waals surface area contributed by atoms with Crippen LogP contribution in [0.2, 0.25) is 0 Å². The molecule has 0 radical (unpaired) electrons. The minimum atomic E-state index is -0.808. The first-order chi connectivity index (χ1) is 18.8. The zero-order chi connectivity index (χ0) is 27.3. The number of nitrogens with one attached hydrogen (secondary N) is 1. The summed E-state index contributed by atoms with van der Waals surface area (Å²) in [6.07, 6.45) is 2.79. The Labute approximate surface area is 228 Å². The molecule has 0 amide bonds. The summed E-state index contributed by atoms with van der Waals surface area (Å²) < 4.78 is 7.77. The normalized spacial score (nSPS) is 18.9. The summed E-state index contributed by atoms with van der Waals surface area (Å²) in [7, 11) is 1.72. The van der Waals surface area contributed by atoms with Crippen LogP contribution < -0.4 is 0 Å². The second-order valence-electron chi connectivity index (χ2n) is 11.1. The summed E-state index contributed by atoms with van der Waals surface area (Å²) in [5.74, 6) is -1.05. The maximum absolute atomic E-state index is 13.8. The summed E-state index contributed by atoms with van der Waals surface area (Å²) in [6, 6.07) is 26.1. The van der Waals surface area contributed by atoms with Crippen LogP contribution >= 0.6 is 0 Å². The number of ketones is 2. The van der Waals surface area contributed by atoms with Crippen molar-refractivity contribution >= 4 is 33.9 Å². The Kier molecular flexibility index (Phi) is 6.19. The molecule has 0 bridgehead atoms. The summed E-state index contributed by atoms with van der Waals surface area (Å²) >= 11 is 0. The minimum absolute atomic E-state index is 0.101. The second kappa shape index (κ2) is 9.58. The quantitative estimate of drug-likeness (QED) is 0.132. The lowest BCUT2D eigenvalue weighted by Gasteiger charge is -2.27. The van der Waals surface area contributed by atoms with Gasteiger partial charge < -0.3 is 9.72 Å². The Morgan fingerprint density at radius 3 is 2.36 bits per heavy atom. The van der Waals surface area contributed by atoms with Gasteiger partial charge in [-0.1, -0.05) is 66.7 Å². The van der Waals surface area contributed by atoms with Gasteiger partial charge in [0.15, 0.2) is 23.8 Å². The van der Waals surface area contributed by atoms with Gasteiger partial charge in [0.2, 0.25) is 5.69 Å². The molecule has 196 valence electrons. The zero-order valence-corrected chi connectivity index (χ0v) is 22.8. The number of rotatable bonds is 7. The summed E-state index contributed by atoms with van der Waals surface area (Å²) in [5.41, 5.74) is 6.72. The van der Waals surface area contributed by atoms with Gasteiger partial charge in [-0.15, -0.1) is 0 Å². The molecule has 0 saturated heterocycles. The molecular weight excluding hydrogens is 484 g/mol. The van der Waals surface area contributed by atoms with Gasteiger partial charge in [0.05, 0.1) is 22.8 Å². The van der Waals surface area contributed by atoms with Crippen molar-refractivity contribution in [2.24, 2.45) is 0 Å². The van der Waals surface area contributed by atoms with Gasteiger partial charge >= 0.3 is 0 Å². The van der Waals surface area contributed by atoms with Crippen LogP contribution in [-0.4, -0.2) is 46.6 Å². The number of allylic oxidation sites excluding steroid dienone is 2. The number of carbonyl (C=O) groups excluding carboxylic acids is 2. The lowest BCUT2D eigenvalue weighted by atomic mass is 9.70. The number of Topliss-reactive ketones (excluding diaryl/α,β-unsaturated/α-hetero) is 2. The average molecular weight is 518 g/mol. The van der Waals surface area contributed by atoms with Gasteiger partial charge in [-0.3, -0.25) is 9.59 Å². The fraction of sp³-hybridized carbons (Fsp3) is 0.265. The smallest absolute Gasteiger partial charge is 0.209 e. The van der Waals surface area contributed by atoms with Crippen molar-refractivity contribution in [3.63, 3.8) is 0 Å². The molecule has 1 aromatic heterocycles. The first-order valence-corrected chi connectivity index (χ1v) is 13.6. The van der Waals surface area contributed by atoms with Crippen molar-refractivity contribution in [3.05, 3.63) is 102 Å². The molecule has 39 heavy (non-hydrogen) atoms. The molecule has 1 atom stereocenters. The maximum Gasteiger partial charge on any atom is 0.209 e. The van der Waals surface area contributed by atoms with Crippen LogP contribution in [-0.2, 0) is 19.7 Å². The van der Waals surface area contributed by atoms with Crippen LogP contribution in [0.15, 0.2) is 90.5 Å². The molecule has 1 N–H and O–H groups in total. The number of para-hydroxylation sites is 2. The number of benzene rings is 3. The molecule has 2 aliphatic rings. The van der Waals surface area contributed by atoms with E-state index in [-0.39, 0.29) is 28.7 Å². The van der Waals surface area contributed by atoms with Crippen molar-refractivity contribution < 1.29 is 18.9 Å². The second-order valence-corrected chi connectivity index (χ2v) is 11.1. The van der Waals surface area contributed by atoms with Crippen molar-refractivity contribution in [1.29, 1.82) is 0 Å². The maximum atomic E-state index is 13.8. The van der Waals surface area contributed by atoms with E-state index in [4.69, 9.17) is 4.74 Å². The Bertz CT molecular complexity index is 1660. The first-order valence-electron chi connectivity index (χ1n) is 13.6. The van der Waals surface area contributed by atoms with E-state index in [1.54, 1.807) is 7.11 Å². The van der Waals surface area contributed by atoms with E-state index in [9.17, 15) is 9.59 Å². The summed E-state index contributed by atoms with van der Waals surface area (Å²) in [5, 5.41) is 0.915. The molecular formula is C34H33N2O3+. The molecule has 6 rings (SSSR count). The van der Waals surface area contributed by atoms with Crippen LogP contribution in [0.3, 0.4) is 0 Å². The highest BCUT2D eigenvalue weighted by atomic mass is 16.5. The number of aromatic nitrogens is 1. The summed E-state index contributed by atoms with van der Waals surface area (Å²) in [4.78, 5) is 31.1. The topological polar surface area (TPSA) is 62.2 Å². The number of ether oxygens (including phenoxy) is 1. The fourth-order valence-electron chi connectivity index (χ4n) is 6.08. The van der Waals surface area contributed by atoms with Gasteiger partial charge in [-0.05, 0) is 32.4 Å². The van der Waals surface area contributed by atoms with E-state index in [0.29, 0.717) is 0 Å². The van der Waals surface area contributed by atoms with Crippen LogP contribution in [0.1, 0.15) is 44.2 Å². The third kappa shape index (κ3) is 4.00. The van der Waals surface area contributed by atoms with E-state index in [0.717, 1.165) is 52.1 Å². The van der Waals surface area contributed by atoms with Crippen LogP contribution in [0.4, 0.5) is 5.69 Å². The zero-order valence-electron chi connectivity index (χ0n) is 22.8. The number of fused-ring (bicyclic) bond motifs is 2. The van der Waals surface area contributed by atoms with Gasteiger partial charge in [-0.2, -0.15) is 4.58 Å². The number of carbonyl (C=O) groups is 2. The number of methoxy groups -OCH3 is 1. The fourth-order valence-corrected chi connectivity index (χ4v) is 6.08. The predicted octanol–water partition coefficient (Wildman–Crippen LogP) is 6.50. The largest absolute Gasteiger partial charge is 0.381 e. The molecule has 4 aromatic rings. The van der Waals surface area contributed by atoms with Crippen molar-refractivity contribution in [3.8, 4) is 11.3 Å². The van der Waals surface area contributed by atoms with Crippen molar-refractivity contribution in [2.45, 2.75) is 44.6 Å². The Hall–Kier alpha value is -4.09. The highest BCUT2D eigenvalue weighted by Crippen LogP contribution is 2.45. The lowest BCUT2D eigenvalue weighted by Crippen LogP contribution is -2.41. The van der Waals surface area contributed by atoms with E-state index in [1.807, 2.05) is 72.8 Å². The standard InChI is InChI=1S/C34H32N2O3/c1-21(39-4)18-19-36-27-17-11-9-15-25(27)34(2,3)28(36)20-24-32(37)30(33(24)38)29-23-14-8-10-16-26(23)35-31(29)22-12-6-5-7-13-22/h5-17,20-21,30H,18-19H2,1-4H3/p+1. The molecule has 2 heterocycles. The SMILES string of the molecule is COC(C)CC[N+]1=C(C=C2C(=O)C(c3c(-c4ccccc4)[nH]c4ccccc34)C2=O)C(C)(C)c2ccccc21. The number of hydrogen-bond donors (Lipinski definition) is 1. The van der Waals surface area contributed by atoms with Crippen LogP contribution in [0, 0.1) is 0 Å². The monoisotopic (exact) mass is 517 g/mol. The molecule has 5 heteroatoms. The van der Waals surface area contributed by atoms with Gasteiger partial charge in [-0.25, -0.2) is 0 Å². The third-order valence-corrected chi connectivity index (χ3v) is 8.39. The molecule has 0 spiro atoms. The first kappa shape index (κ1) is 25.2. The molecule has 1 fully saturated rings. The molecule has 5 nitrogen and oxygen atoms in total. The number of H-pyrrole nitrogens is 1. The predicted molar refractivity (Wildman–Crippen MR) is 155 cm³/mol. The van der Waals surface area contributed by atoms with E-state index in [2.05, 4.69) is 42.5 Å². The van der Waals surface area contributed by atoms with Gasteiger partial charge in [0.1, 0.15) is 5.92 Å². The average Bonchev–Trinajstić information content (AvgIpc) is 3.43. The van der Waals surface area contributed by atoms with E-state index >= 15 is 0 Å².